The first-order valence-corrected chi connectivity index (χ1v) is 4.98. The summed E-state index contributed by atoms with van der Waals surface area (Å²) in [7, 11) is 1.46. The van der Waals surface area contributed by atoms with Crippen molar-refractivity contribution in [1.82, 2.24) is 0 Å². The fraction of sp³-hybridized carbons (Fsp3) is 0.364. The van der Waals surface area contributed by atoms with Gasteiger partial charge in [0, 0.05) is 23.1 Å². The number of phenols is 1. The third-order valence-corrected chi connectivity index (χ3v) is 2.71. The van der Waals surface area contributed by atoms with Crippen LogP contribution in [0.3, 0.4) is 0 Å². The maximum atomic E-state index is 10.3. The molecule has 1 aromatic rings. The van der Waals surface area contributed by atoms with E-state index in [1.54, 1.807) is 6.07 Å². The molecule has 0 aromatic heterocycles. The molecule has 1 N–H and O–H groups in total. The predicted octanol–water partition coefficient (Wildman–Crippen LogP) is 2.49. The van der Waals surface area contributed by atoms with Crippen LogP contribution in [0.1, 0.15) is 17.5 Å². The molecule has 0 spiro atoms. The zero-order valence-electron chi connectivity index (χ0n) is 8.71. The van der Waals surface area contributed by atoms with Crippen LogP contribution < -0.4 is 4.74 Å². The number of ether oxygens (including phenoxy) is 1. The number of hydrogen-bond donors (Lipinski definition) is 1. The Bertz CT molecular complexity index is 375. The summed E-state index contributed by atoms with van der Waals surface area (Å²) < 4.78 is 4.98. The number of halogens is 1. The highest BCUT2D eigenvalue weighted by Gasteiger charge is 2.13. The molecule has 0 bridgehead atoms. The summed E-state index contributed by atoms with van der Waals surface area (Å²) in [6.07, 6.45) is 1.64. The highest BCUT2D eigenvalue weighted by molar-refractivity contribution is 6.31. The number of hydrogen-bond acceptors (Lipinski definition) is 3. The van der Waals surface area contributed by atoms with Gasteiger partial charge < -0.3 is 14.6 Å². The molecule has 0 aliphatic rings. The molecule has 0 aliphatic heterocycles. The highest BCUT2D eigenvalue weighted by atomic mass is 35.5. The number of carbonyl (C=O) groups is 1. The summed E-state index contributed by atoms with van der Waals surface area (Å²) in [4.78, 5) is 10.3. The lowest BCUT2D eigenvalue weighted by Crippen LogP contribution is -1.95. The van der Waals surface area contributed by atoms with Crippen molar-refractivity contribution in [1.29, 1.82) is 0 Å². The van der Waals surface area contributed by atoms with Crippen molar-refractivity contribution in [2.24, 2.45) is 0 Å². The van der Waals surface area contributed by atoms with Gasteiger partial charge in [-0.3, -0.25) is 0 Å². The number of aromatic hydroxyl groups is 1. The zero-order chi connectivity index (χ0) is 11.4. The van der Waals surface area contributed by atoms with Crippen LogP contribution in [-0.4, -0.2) is 18.5 Å². The fourth-order valence-corrected chi connectivity index (χ4v) is 1.64. The van der Waals surface area contributed by atoms with Gasteiger partial charge >= 0.3 is 0 Å². The van der Waals surface area contributed by atoms with E-state index in [0.29, 0.717) is 29.2 Å². The fourth-order valence-electron chi connectivity index (χ4n) is 1.43. The molecule has 0 aliphatic carbocycles. The smallest absolute Gasteiger partial charge is 0.162 e. The third kappa shape index (κ3) is 2.42. The highest BCUT2D eigenvalue weighted by Crippen LogP contribution is 2.37. The monoisotopic (exact) mass is 228 g/mol. The van der Waals surface area contributed by atoms with Gasteiger partial charge in [-0.05, 0) is 18.9 Å². The molecule has 3 nitrogen and oxygen atoms in total. The summed E-state index contributed by atoms with van der Waals surface area (Å²) in [6, 6.07) is 1.57. The lowest BCUT2D eigenvalue weighted by atomic mass is 10.0. The largest absolute Gasteiger partial charge is 0.504 e. The topological polar surface area (TPSA) is 46.5 Å². The van der Waals surface area contributed by atoms with Crippen LogP contribution in [0.2, 0.25) is 5.02 Å². The summed E-state index contributed by atoms with van der Waals surface area (Å²) in [5.74, 6) is 0.410. The summed E-state index contributed by atoms with van der Waals surface area (Å²) >= 11 is 5.97. The van der Waals surface area contributed by atoms with E-state index in [4.69, 9.17) is 16.3 Å². The number of methoxy groups -OCH3 is 1. The SMILES string of the molecule is COc1cc(Cl)c(C)c(CCC=O)c1O. The molecule has 0 fully saturated rings. The lowest BCUT2D eigenvalue weighted by molar-refractivity contribution is -0.107. The molecule has 4 heteroatoms. The summed E-state index contributed by atoms with van der Waals surface area (Å²) in [5, 5.41) is 10.4. The molecule has 0 radical (unpaired) electrons. The second-order valence-electron chi connectivity index (χ2n) is 3.22. The van der Waals surface area contributed by atoms with E-state index in [2.05, 4.69) is 0 Å². The first-order chi connectivity index (χ1) is 7.11. The predicted molar refractivity (Wildman–Crippen MR) is 58.8 cm³/mol. The molecule has 0 heterocycles. The van der Waals surface area contributed by atoms with Gasteiger partial charge in [0.05, 0.1) is 7.11 Å². The van der Waals surface area contributed by atoms with Gasteiger partial charge in [-0.15, -0.1) is 0 Å². The Morgan fingerprint density at radius 3 is 2.80 bits per heavy atom. The van der Waals surface area contributed by atoms with E-state index in [1.165, 1.54) is 7.11 Å². The molecule has 0 amide bonds. The minimum Gasteiger partial charge on any atom is -0.504 e. The third-order valence-electron chi connectivity index (χ3n) is 2.32. The van der Waals surface area contributed by atoms with Gasteiger partial charge in [0.2, 0.25) is 0 Å². The maximum Gasteiger partial charge on any atom is 0.162 e. The Morgan fingerprint density at radius 1 is 1.60 bits per heavy atom. The van der Waals surface area contributed by atoms with Gasteiger partial charge in [-0.1, -0.05) is 11.6 Å². The molecule has 0 saturated carbocycles. The van der Waals surface area contributed by atoms with Gasteiger partial charge in [-0.2, -0.15) is 0 Å². The average Bonchev–Trinajstić information content (AvgIpc) is 2.23. The Kier molecular flexibility index (Phi) is 3.97. The standard InChI is InChI=1S/C11H13ClO3/c1-7-8(4-3-5-13)11(14)10(15-2)6-9(7)12/h5-6,14H,3-4H2,1-2H3. The van der Waals surface area contributed by atoms with Crippen molar-refractivity contribution in [3.8, 4) is 11.5 Å². The second-order valence-corrected chi connectivity index (χ2v) is 3.63. The van der Waals surface area contributed by atoms with Crippen LogP contribution in [0.5, 0.6) is 11.5 Å². The number of carbonyl (C=O) groups excluding carboxylic acids is 1. The zero-order valence-corrected chi connectivity index (χ0v) is 9.47. The molecule has 0 unspecified atom stereocenters. The second kappa shape index (κ2) is 5.03. The molecule has 0 saturated heterocycles. The van der Waals surface area contributed by atoms with Crippen molar-refractivity contribution < 1.29 is 14.6 Å². The number of rotatable bonds is 4. The molecule has 1 rings (SSSR count). The summed E-state index contributed by atoms with van der Waals surface area (Å²) in [5.41, 5.74) is 1.46. The number of benzene rings is 1. The first kappa shape index (κ1) is 11.9. The molecule has 82 valence electrons. The van der Waals surface area contributed by atoms with Gasteiger partial charge in [0.1, 0.15) is 6.29 Å². The van der Waals surface area contributed by atoms with Gasteiger partial charge in [0.25, 0.3) is 0 Å². The van der Waals surface area contributed by atoms with E-state index in [0.717, 1.165) is 11.8 Å². The Labute approximate surface area is 93.6 Å². The van der Waals surface area contributed by atoms with E-state index >= 15 is 0 Å². The van der Waals surface area contributed by atoms with Crippen molar-refractivity contribution >= 4 is 17.9 Å². The van der Waals surface area contributed by atoms with Gasteiger partial charge in [-0.25, -0.2) is 0 Å². The van der Waals surface area contributed by atoms with E-state index < -0.39 is 0 Å². The van der Waals surface area contributed by atoms with Crippen LogP contribution in [0, 0.1) is 6.92 Å². The van der Waals surface area contributed by atoms with Crippen LogP contribution in [0.4, 0.5) is 0 Å². The van der Waals surface area contributed by atoms with Crippen molar-refractivity contribution in [3.05, 3.63) is 22.2 Å². The van der Waals surface area contributed by atoms with E-state index in [9.17, 15) is 9.90 Å². The Hall–Kier alpha value is -1.22. The molecule has 0 atom stereocenters. The molecular weight excluding hydrogens is 216 g/mol. The van der Waals surface area contributed by atoms with E-state index in [1.807, 2.05) is 6.92 Å². The normalized spacial score (nSPS) is 10.1. The van der Waals surface area contributed by atoms with Crippen LogP contribution >= 0.6 is 11.6 Å². The molecular formula is C11H13ClO3. The first-order valence-electron chi connectivity index (χ1n) is 4.60. The minimum atomic E-state index is 0.0706. The molecule has 15 heavy (non-hydrogen) atoms. The van der Waals surface area contributed by atoms with Crippen LogP contribution in [-0.2, 0) is 11.2 Å². The van der Waals surface area contributed by atoms with Crippen LogP contribution in [0.25, 0.3) is 0 Å². The van der Waals surface area contributed by atoms with Crippen LogP contribution in [0.15, 0.2) is 6.07 Å². The van der Waals surface area contributed by atoms with Crippen molar-refractivity contribution in [3.63, 3.8) is 0 Å². The quantitative estimate of drug-likeness (QED) is 0.806. The van der Waals surface area contributed by atoms with Crippen molar-refractivity contribution in [2.45, 2.75) is 19.8 Å². The number of aldehydes is 1. The maximum absolute atomic E-state index is 10.3. The molecule has 1 aromatic carbocycles. The van der Waals surface area contributed by atoms with Crippen molar-refractivity contribution in [2.75, 3.05) is 7.11 Å². The minimum absolute atomic E-state index is 0.0706. The average molecular weight is 229 g/mol. The Morgan fingerprint density at radius 2 is 2.27 bits per heavy atom. The Balaban J connectivity index is 3.20. The lowest BCUT2D eigenvalue weighted by Gasteiger charge is -2.12. The summed E-state index contributed by atoms with van der Waals surface area (Å²) in [6.45, 7) is 1.81. The van der Waals surface area contributed by atoms with Gasteiger partial charge in [0.15, 0.2) is 11.5 Å². The van der Waals surface area contributed by atoms with E-state index in [-0.39, 0.29) is 5.75 Å². The number of phenolic OH excluding ortho intramolecular Hbond substituents is 1.